The Bertz CT molecular complexity index is 320. The minimum absolute atomic E-state index is 0.182. The SMILES string of the molecule is CC[CH]C(C)(C1=CC=CC1)C1=CC=CC1. The average Bonchev–Trinajstić information content (AvgIpc) is 2.92. The molecule has 0 aromatic heterocycles. The molecule has 0 aromatic carbocycles. The fourth-order valence-corrected chi connectivity index (χ4v) is 2.54. The Morgan fingerprint density at radius 3 is 2.00 bits per heavy atom. The molecule has 1 radical (unpaired) electrons. The van der Waals surface area contributed by atoms with Crippen LogP contribution in [-0.4, -0.2) is 0 Å². The molecule has 15 heavy (non-hydrogen) atoms. The highest BCUT2D eigenvalue weighted by Crippen LogP contribution is 2.45. The number of allylic oxidation sites excluding steroid dienone is 8. The van der Waals surface area contributed by atoms with Gasteiger partial charge in [0.15, 0.2) is 0 Å². The van der Waals surface area contributed by atoms with Gasteiger partial charge < -0.3 is 0 Å². The maximum atomic E-state index is 2.45. The molecular weight excluding hydrogens is 180 g/mol. The van der Waals surface area contributed by atoms with Crippen molar-refractivity contribution in [2.75, 3.05) is 0 Å². The fraction of sp³-hybridized carbons (Fsp3) is 0.400. The quantitative estimate of drug-likeness (QED) is 0.630. The van der Waals surface area contributed by atoms with E-state index in [9.17, 15) is 0 Å². The Balaban J connectivity index is 2.23. The topological polar surface area (TPSA) is 0 Å². The summed E-state index contributed by atoms with van der Waals surface area (Å²) in [6.45, 7) is 4.58. The highest BCUT2D eigenvalue weighted by atomic mass is 14.4. The van der Waals surface area contributed by atoms with Crippen molar-refractivity contribution in [3.05, 3.63) is 54.0 Å². The van der Waals surface area contributed by atoms with Crippen molar-refractivity contribution in [1.29, 1.82) is 0 Å². The van der Waals surface area contributed by atoms with Gasteiger partial charge in [-0.15, -0.1) is 0 Å². The van der Waals surface area contributed by atoms with Crippen molar-refractivity contribution >= 4 is 0 Å². The van der Waals surface area contributed by atoms with Crippen molar-refractivity contribution in [3.8, 4) is 0 Å². The first-order chi connectivity index (χ1) is 7.27. The molecule has 2 rings (SSSR count). The fourth-order valence-electron chi connectivity index (χ4n) is 2.54. The summed E-state index contributed by atoms with van der Waals surface area (Å²) in [5.41, 5.74) is 3.26. The van der Waals surface area contributed by atoms with E-state index >= 15 is 0 Å². The van der Waals surface area contributed by atoms with Crippen molar-refractivity contribution in [2.45, 2.75) is 33.1 Å². The summed E-state index contributed by atoms with van der Waals surface area (Å²) in [7, 11) is 0. The Labute approximate surface area is 93.1 Å². The maximum absolute atomic E-state index is 2.45. The van der Waals surface area contributed by atoms with Crippen LogP contribution in [0.25, 0.3) is 0 Å². The summed E-state index contributed by atoms with van der Waals surface area (Å²) in [4.78, 5) is 0. The zero-order chi connectivity index (χ0) is 10.7. The Kier molecular flexibility index (Phi) is 2.95. The summed E-state index contributed by atoms with van der Waals surface area (Å²) in [5.74, 6) is 0. The second kappa shape index (κ2) is 4.22. The Morgan fingerprint density at radius 2 is 1.67 bits per heavy atom. The number of hydrogen-bond donors (Lipinski definition) is 0. The van der Waals surface area contributed by atoms with Gasteiger partial charge in [-0.2, -0.15) is 0 Å². The lowest BCUT2D eigenvalue weighted by molar-refractivity contribution is 0.529. The molecule has 0 spiro atoms. The summed E-state index contributed by atoms with van der Waals surface area (Å²) in [5, 5.41) is 0. The normalized spacial score (nSPS) is 19.6. The lowest BCUT2D eigenvalue weighted by Crippen LogP contribution is -2.21. The van der Waals surface area contributed by atoms with Crippen LogP contribution < -0.4 is 0 Å². The summed E-state index contributed by atoms with van der Waals surface area (Å²) in [6.07, 6.45) is 19.2. The summed E-state index contributed by atoms with van der Waals surface area (Å²) in [6, 6.07) is 0. The Morgan fingerprint density at radius 1 is 1.13 bits per heavy atom. The van der Waals surface area contributed by atoms with Gasteiger partial charge in [0.05, 0.1) is 0 Å². The molecule has 0 fully saturated rings. The smallest absolute Gasteiger partial charge is 0.0136 e. The van der Waals surface area contributed by atoms with E-state index in [2.05, 4.69) is 56.7 Å². The minimum Gasteiger partial charge on any atom is -0.0804 e. The van der Waals surface area contributed by atoms with Crippen molar-refractivity contribution in [1.82, 2.24) is 0 Å². The highest BCUT2D eigenvalue weighted by Gasteiger charge is 2.32. The summed E-state index contributed by atoms with van der Waals surface area (Å²) < 4.78 is 0. The van der Waals surface area contributed by atoms with E-state index in [1.165, 1.54) is 0 Å². The largest absolute Gasteiger partial charge is 0.0804 e. The van der Waals surface area contributed by atoms with Gasteiger partial charge in [0.1, 0.15) is 0 Å². The van der Waals surface area contributed by atoms with Gasteiger partial charge in [-0.25, -0.2) is 0 Å². The van der Waals surface area contributed by atoms with Crippen LogP contribution in [0, 0.1) is 11.8 Å². The zero-order valence-corrected chi connectivity index (χ0v) is 9.66. The molecule has 0 heterocycles. The average molecular weight is 199 g/mol. The molecule has 0 nitrogen and oxygen atoms in total. The molecule has 0 saturated carbocycles. The van der Waals surface area contributed by atoms with E-state index in [0.717, 1.165) is 19.3 Å². The molecule has 0 saturated heterocycles. The van der Waals surface area contributed by atoms with Crippen molar-refractivity contribution < 1.29 is 0 Å². The number of hydrogen-bond acceptors (Lipinski definition) is 0. The first kappa shape index (κ1) is 10.5. The predicted octanol–water partition coefficient (Wildman–Crippen LogP) is 4.38. The third-order valence-electron chi connectivity index (χ3n) is 3.49. The van der Waals surface area contributed by atoms with Crippen LogP contribution in [0.4, 0.5) is 0 Å². The van der Waals surface area contributed by atoms with Crippen molar-refractivity contribution in [2.24, 2.45) is 5.41 Å². The van der Waals surface area contributed by atoms with Crippen LogP contribution in [0.15, 0.2) is 47.6 Å². The van der Waals surface area contributed by atoms with E-state index in [1.54, 1.807) is 11.1 Å². The van der Waals surface area contributed by atoms with Gasteiger partial charge in [-0.05, 0) is 19.3 Å². The number of rotatable bonds is 4. The van der Waals surface area contributed by atoms with Gasteiger partial charge >= 0.3 is 0 Å². The van der Waals surface area contributed by atoms with Crippen LogP contribution in [-0.2, 0) is 0 Å². The molecule has 2 aliphatic rings. The van der Waals surface area contributed by atoms with E-state index < -0.39 is 0 Å². The molecule has 0 bridgehead atoms. The monoisotopic (exact) mass is 199 g/mol. The molecular formula is C15H19. The first-order valence-corrected chi connectivity index (χ1v) is 5.84. The molecule has 0 aromatic rings. The van der Waals surface area contributed by atoms with Gasteiger partial charge in [-0.1, -0.05) is 67.9 Å². The molecule has 0 N–H and O–H groups in total. The van der Waals surface area contributed by atoms with E-state index in [1.807, 2.05) is 0 Å². The molecule has 79 valence electrons. The van der Waals surface area contributed by atoms with E-state index in [-0.39, 0.29) is 5.41 Å². The van der Waals surface area contributed by atoms with Crippen molar-refractivity contribution in [3.63, 3.8) is 0 Å². The van der Waals surface area contributed by atoms with E-state index in [0.29, 0.717) is 0 Å². The third-order valence-corrected chi connectivity index (χ3v) is 3.49. The second-order valence-electron chi connectivity index (χ2n) is 4.46. The molecule has 0 amide bonds. The molecule has 0 aliphatic heterocycles. The summed E-state index contributed by atoms with van der Waals surface area (Å²) >= 11 is 0. The first-order valence-electron chi connectivity index (χ1n) is 5.84. The highest BCUT2D eigenvalue weighted by molar-refractivity contribution is 5.43. The molecule has 0 unspecified atom stereocenters. The van der Waals surface area contributed by atoms with Crippen LogP contribution in [0.1, 0.15) is 33.1 Å². The molecule has 0 heteroatoms. The minimum atomic E-state index is 0.182. The van der Waals surface area contributed by atoms with Gasteiger partial charge in [0.2, 0.25) is 0 Å². The van der Waals surface area contributed by atoms with Crippen LogP contribution in [0.2, 0.25) is 0 Å². The zero-order valence-electron chi connectivity index (χ0n) is 9.66. The Hall–Kier alpha value is -1.04. The van der Waals surface area contributed by atoms with Crippen LogP contribution in [0.3, 0.4) is 0 Å². The molecule has 0 atom stereocenters. The lowest BCUT2D eigenvalue weighted by Gasteiger charge is -2.33. The van der Waals surface area contributed by atoms with Gasteiger partial charge in [-0.3, -0.25) is 0 Å². The van der Waals surface area contributed by atoms with Gasteiger partial charge in [0, 0.05) is 5.41 Å². The molecule has 2 aliphatic carbocycles. The second-order valence-corrected chi connectivity index (χ2v) is 4.46. The lowest BCUT2D eigenvalue weighted by atomic mass is 9.71. The van der Waals surface area contributed by atoms with Crippen LogP contribution in [0.5, 0.6) is 0 Å². The van der Waals surface area contributed by atoms with Crippen LogP contribution >= 0.6 is 0 Å². The maximum Gasteiger partial charge on any atom is 0.0136 e. The third kappa shape index (κ3) is 1.86. The van der Waals surface area contributed by atoms with Gasteiger partial charge in [0.25, 0.3) is 0 Å². The standard InChI is InChI=1S/C15H19/c1-3-12-15(2,13-8-4-5-9-13)14-10-6-7-11-14/h4-8,10,12H,3,9,11H2,1-2H3. The van der Waals surface area contributed by atoms with E-state index in [4.69, 9.17) is 0 Å². The predicted molar refractivity (Wildman–Crippen MR) is 66.4 cm³/mol.